The van der Waals surface area contributed by atoms with Crippen LogP contribution in [0.1, 0.15) is 12.0 Å². The van der Waals surface area contributed by atoms with Crippen LogP contribution in [-0.4, -0.2) is 76.3 Å². The first kappa shape index (κ1) is 28.6. The topological polar surface area (TPSA) is 75.6 Å². The molecule has 0 aliphatic carbocycles. The summed E-state index contributed by atoms with van der Waals surface area (Å²) in [6, 6.07) is 8.82. The third-order valence-corrected chi connectivity index (χ3v) is 7.63. The van der Waals surface area contributed by atoms with Gasteiger partial charge in [0.1, 0.15) is 18.5 Å². The Morgan fingerprint density at radius 2 is 1.92 bits per heavy atom. The number of likely N-dealkylation sites (tertiary alicyclic amines) is 1. The molecule has 1 aliphatic rings. The highest BCUT2D eigenvalue weighted by atomic mass is 32.2. The fraction of sp³-hybridized carbons (Fsp3) is 0.407. The number of methoxy groups -OCH3 is 1. The highest BCUT2D eigenvalue weighted by molar-refractivity contribution is 7.90. The number of fused-ring (bicyclic) bond motifs is 1. The van der Waals surface area contributed by atoms with Crippen molar-refractivity contribution in [3.63, 3.8) is 0 Å². The van der Waals surface area contributed by atoms with Crippen LogP contribution in [0.5, 0.6) is 5.75 Å². The van der Waals surface area contributed by atoms with Crippen molar-refractivity contribution in [2.24, 2.45) is 0 Å². The molecule has 12 heteroatoms. The summed E-state index contributed by atoms with van der Waals surface area (Å²) in [4.78, 5) is 2.01. The molecule has 210 valence electrons. The Bertz CT molecular complexity index is 1510. The highest BCUT2D eigenvalue weighted by Crippen LogP contribution is 2.31. The molecule has 0 amide bonds. The van der Waals surface area contributed by atoms with Crippen molar-refractivity contribution in [1.82, 2.24) is 9.47 Å². The van der Waals surface area contributed by atoms with Crippen LogP contribution in [0.4, 0.5) is 28.9 Å². The van der Waals surface area contributed by atoms with Gasteiger partial charge >= 0.3 is 6.18 Å². The fourth-order valence-electron chi connectivity index (χ4n) is 4.58. The third-order valence-electron chi connectivity index (χ3n) is 6.52. The number of hydrogen-bond donors (Lipinski definition) is 2. The van der Waals surface area contributed by atoms with Crippen molar-refractivity contribution in [2.75, 3.05) is 50.7 Å². The van der Waals surface area contributed by atoms with Crippen molar-refractivity contribution in [2.45, 2.75) is 36.3 Å². The highest BCUT2D eigenvalue weighted by Gasteiger charge is 2.30. The average Bonchev–Trinajstić information content (AvgIpc) is 3.24. The number of rotatable bonds is 7. The normalized spacial score (nSPS) is 18.4. The second-order valence-electron chi connectivity index (χ2n) is 9.62. The van der Waals surface area contributed by atoms with Crippen LogP contribution in [0, 0.1) is 11.8 Å². The van der Waals surface area contributed by atoms with Crippen LogP contribution in [0.15, 0.2) is 47.5 Å². The second-order valence-corrected chi connectivity index (χ2v) is 11.6. The molecule has 39 heavy (non-hydrogen) atoms. The molecule has 1 aromatic heterocycles. The van der Waals surface area contributed by atoms with E-state index in [9.17, 15) is 26.0 Å². The second kappa shape index (κ2) is 11.4. The van der Waals surface area contributed by atoms with Crippen molar-refractivity contribution >= 4 is 32.1 Å². The van der Waals surface area contributed by atoms with Gasteiger partial charge < -0.3 is 24.8 Å². The summed E-state index contributed by atoms with van der Waals surface area (Å²) in [5, 5.41) is 6.79. The van der Waals surface area contributed by atoms with E-state index >= 15 is 0 Å². The summed E-state index contributed by atoms with van der Waals surface area (Å²) in [6.07, 6.45) is -2.53. The monoisotopic (exact) mass is 566 g/mol. The Balaban J connectivity index is 1.62. The van der Waals surface area contributed by atoms with E-state index in [2.05, 4.69) is 22.5 Å². The van der Waals surface area contributed by atoms with E-state index in [0.717, 1.165) is 10.8 Å². The number of benzene rings is 2. The van der Waals surface area contributed by atoms with Crippen molar-refractivity contribution in [1.29, 1.82) is 0 Å². The lowest BCUT2D eigenvalue weighted by Gasteiger charge is -2.33. The van der Waals surface area contributed by atoms with Crippen LogP contribution in [0.25, 0.3) is 10.9 Å². The van der Waals surface area contributed by atoms with Crippen LogP contribution in [-0.2, 0) is 16.4 Å². The molecule has 0 saturated carbocycles. The molecule has 2 aromatic carbocycles. The number of halogens is 4. The van der Waals surface area contributed by atoms with Crippen LogP contribution >= 0.6 is 0 Å². The zero-order valence-corrected chi connectivity index (χ0v) is 22.6. The summed E-state index contributed by atoms with van der Waals surface area (Å²) in [6.45, 7) is -0.0865. The fourth-order valence-corrected chi connectivity index (χ4v) is 5.23. The van der Waals surface area contributed by atoms with Gasteiger partial charge in [-0.15, -0.1) is 0 Å². The maximum absolute atomic E-state index is 14.7. The molecule has 1 fully saturated rings. The number of piperidine rings is 1. The molecule has 0 bridgehead atoms. The van der Waals surface area contributed by atoms with E-state index in [1.54, 1.807) is 18.2 Å². The first-order valence-corrected chi connectivity index (χ1v) is 14.1. The molecular formula is C27H30F4N4O3S. The van der Waals surface area contributed by atoms with Gasteiger partial charge in [-0.25, -0.2) is 12.8 Å². The van der Waals surface area contributed by atoms with Gasteiger partial charge in [0.25, 0.3) is 0 Å². The van der Waals surface area contributed by atoms with E-state index in [1.165, 1.54) is 31.5 Å². The van der Waals surface area contributed by atoms with Gasteiger partial charge in [0.05, 0.1) is 35.8 Å². The Hall–Kier alpha value is -3.43. The van der Waals surface area contributed by atoms with Gasteiger partial charge in [0.15, 0.2) is 9.84 Å². The van der Waals surface area contributed by atoms with Crippen LogP contribution in [0.2, 0.25) is 0 Å². The van der Waals surface area contributed by atoms with Crippen molar-refractivity contribution < 1.29 is 30.7 Å². The van der Waals surface area contributed by atoms with Gasteiger partial charge in [-0.05, 0) is 49.9 Å². The first-order chi connectivity index (χ1) is 18.3. The van der Waals surface area contributed by atoms with E-state index in [0.29, 0.717) is 46.6 Å². The van der Waals surface area contributed by atoms with Gasteiger partial charge in [-0.3, -0.25) is 0 Å². The molecule has 7 nitrogen and oxygen atoms in total. The quantitative estimate of drug-likeness (QED) is 0.323. The molecule has 1 aliphatic heterocycles. The number of hydrogen-bond acceptors (Lipinski definition) is 6. The van der Waals surface area contributed by atoms with E-state index in [4.69, 9.17) is 4.74 Å². The number of ether oxygens (including phenoxy) is 1. The zero-order valence-electron chi connectivity index (χ0n) is 21.8. The molecule has 1 saturated heterocycles. The summed E-state index contributed by atoms with van der Waals surface area (Å²) in [5.41, 5.74) is 1.74. The van der Waals surface area contributed by atoms with E-state index in [-0.39, 0.29) is 18.0 Å². The number of anilines is 2. The number of nitrogens with one attached hydrogen (secondary N) is 2. The predicted molar refractivity (Wildman–Crippen MR) is 144 cm³/mol. The number of nitrogens with zero attached hydrogens (tertiary/aromatic N) is 2. The lowest BCUT2D eigenvalue weighted by Crippen LogP contribution is -2.46. The lowest BCUT2D eigenvalue weighted by atomic mass is 10.0. The summed E-state index contributed by atoms with van der Waals surface area (Å²) in [5.74, 6) is 6.31. The van der Waals surface area contributed by atoms with Crippen LogP contribution < -0.4 is 15.4 Å². The van der Waals surface area contributed by atoms with E-state index < -0.39 is 34.8 Å². The first-order valence-electron chi connectivity index (χ1n) is 12.2. The summed E-state index contributed by atoms with van der Waals surface area (Å²) < 4.78 is 84.6. The largest absolute Gasteiger partial charge is 0.495 e. The maximum atomic E-state index is 14.7. The van der Waals surface area contributed by atoms with Gasteiger partial charge in [-0.1, -0.05) is 11.8 Å². The summed E-state index contributed by atoms with van der Waals surface area (Å²) in [7, 11) is -0.131. The number of sulfone groups is 1. The zero-order chi connectivity index (χ0) is 28.4. The molecule has 2 N–H and O–H groups in total. The smallest absolute Gasteiger partial charge is 0.406 e. The maximum Gasteiger partial charge on any atom is 0.406 e. The molecule has 0 radical (unpaired) electrons. The lowest BCUT2D eigenvalue weighted by molar-refractivity contribution is -0.139. The van der Waals surface area contributed by atoms with Gasteiger partial charge in [0.2, 0.25) is 0 Å². The Kier molecular flexibility index (Phi) is 8.32. The Morgan fingerprint density at radius 3 is 2.59 bits per heavy atom. The van der Waals surface area contributed by atoms with Gasteiger partial charge in [-0.2, -0.15) is 13.2 Å². The standard InChI is InChI=1S/C27H30F4N4O3S/c1-34-11-9-22(21(28)16-34)33-23-13-18(14-25-20(23)8-12-35(25)17-27(29,30)31)5-4-10-32-24-15-19(39(3,36)37)6-7-26(24)38-2/h6-8,12-15,21-22,32-33H,9-11,16-17H2,1-3H3/t21-,22+/m0/s1. The molecule has 3 aromatic rings. The van der Waals surface area contributed by atoms with Crippen molar-refractivity contribution in [3.05, 3.63) is 48.2 Å². The van der Waals surface area contributed by atoms with Crippen LogP contribution in [0.3, 0.4) is 0 Å². The third kappa shape index (κ3) is 7.16. The number of aromatic nitrogens is 1. The molecule has 2 atom stereocenters. The molecule has 4 rings (SSSR count). The SMILES string of the molecule is COc1ccc(S(C)(=O)=O)cc1NCC#Cc1cc(N[C@@H]2CCN(C)C[C@@H]2F)c2ccn(CC(F)(F)F)c2c1. The predicted octanol–water partition coefficient (Wildman–Crippen LogP) is 4.53. The Morgan fingerprint density at radius 1 is 1.15 bits per heavy atom. The Labute approximate surface area is 225 Å². The summed E-state index contributed by atoms with van der Waals surface area (Å²) >= 11 is 0. The molecule has 0 spiro atoms. The minimum absolute atomic E-state index is 0.107. The minimum Gasteiger partial charge on any atom is -0.495 e. The molecule has 2 heterocycles. The molecule has 0 unspecified atom stereocenters. The molecular weight excluding hydrogens is 536 g/mol. The van der Waals surface area contributed by atoms with Gasteiger partial charge in [0, 0.05) is 42.2 Å². The average molecular weight is 567 g/mol. The van der Waals surface area contributed by atoms with E-state index in [1.807, 2.05) is 11.9 Å². The number of alkyl halides is 4. The van der Waals surface area contributed by atoms with Crippen molar-refractivity contribution in [3.8, 4) is 17.6 Å². The minimum atomic E-state index is -4.41.